The first-order chi connectivity index (χ1) is 16.2. The van der Waals surface area contributed by atoms with Crippen LogP contribution in [-0.4, -0.2) is 63.6 Å². The fourth-order valence-corrected chi connectivity index (χ4v) is 3.84. The number of aliphatic carboxylic acids is 2. The van der Waals surface area contributed by atoms with Crippen molar-refractivity contribution in [3.05, 3.63) is 42.1 Å². The maximum Gasteiger partial charge on any atom is 0.335 e. The summed E-state index contributed by atoms with van der Waals surface area (Å²) in [5.74, 6) is -1.25. The number of aromatic nitrogens is 1. The molecule has 178 valence electrons. The number of aliphatic hydroxyl groups is 2. The number of aromatic hydroxyl groups is 1. The molecule has 0 saturated heterocycles. The summed E-state index contributed by atoms with van der Waals surface area (Å²) in [5.41, 5.74) is 3.53. The van der Waals surface area contributed by atoms with Crippen molar-refractivity contribution in [2.45, 2.75) is 25.2 Å². The summed E-state index contributed by atoms with van der Waals surface area (Å²) in [5, 5.41) is 44.7. The quantitative estimate of drug-likeness (QED) is 0.341. The van der Waals surface area contributed by atoms with Gasteiger partial charge >= 0.3 is 11.9 Å². The van der Waals surface area contributed by atoms with Gasteiger partial charge in [-0.05, 0) is 35.2 Å². The van der Waals surface area contributed by atoms with Gasteiger partial charge in [-0.1, -0.05) is 0 Å². The van der Waals surface area contributed by atoms with Crippen molar-refractivity contribution >= 4 is 22.7 Å². The molecule has 1 aromatic heterocycles. The second-order valence-corrected chi connectivity index (χ2v) is 7.65. The molecule has 2 aliphatic rings. The van der Waals surface area contributed by atoms with Crippen LogP contribution in [0.3, 0.4) is 0 Å². The molecule has 5 rings (SSSR count). The van der Waals surface area contributed by atoms with Gasteiger partial charge in [-0.15, -0.1) is 0 Å². The van der Waals surface area contributed by atoms with E-state index in [-0.39, 0.29) is 12.5 Å². The molecule has 3 heterocycles. The van der Waals surface area contributed by atoms with Crippen LogP contribution in [0.1, 0.15) is 5.56 Å². The Labute approximate surface area is 192 Å². The number of methoxy groups -OCH3 is 1. The first-order valence-corrected chi connectivity index (χ1v) is 10.2. The van der Waals surface area contributed by atoms with E-state index in [0.29, 0.717) is 5.75 Å². The second-order valence-electron chi connectivity index (χ2n) is 7.65. The van der Waals surface area contributed by atoms with Crippen molar-refractivity contribution in [3.63, 3.8) is 0 Å². The average molecular weight is 472 g/mol. The highest BCUT2D eigenvalue weighted by Crippen LogP contribution is 2.41. The number of phenolic OH excluding ortho intramolecular Hbond substituents is 1. The van der Waals surface area contributed by atoms with Gasteiger partial charge in [0.05, 0.1) is 18.1 Å². The number of nitrogens with zero attached hydrogens (tertiary/aromatic N) is 1. The normalized spacial score (nSPS) is 14.8. The van der Waals surface area contributed by atoms with Gasteiger partial charge in [-0.2, -0.15) is 4.57 Å². The number of rotatable bonds is 4. The highest BCUT2D eigenvalue weighted by molar-refractivity contribution is 5.91. The maximum absolute atomic E-state index is 10.4. The van der Waals surface area contributed by atoms with Crippen LogP contribution in [0.2, 0.25) is 0 Å². The van der Waals surface area contributed by atoms with Crippen molar-refractivity contribution in [1.82, 2.24) is 0 Å². The minimum Gasteiger partial charge on any atom is -0.504 e. The van der Waals surface area contributed by atoms with Crippen LogP contribution in [0.15, 0.2) is 36.5 Å². The summed E-state index contributed by atoms with van der Waals surface area (Å²) >= 11 is 0. The number of aliphatic hydroxyl groups excluding tert-OH is 2. The van der Waals surface area contributed by atoms with Gasteiger partial charge in [0.25, 0.3) is 0 Å². The van der Waals surface area contributed by atoms with E-state index in [2.05, 4.69) is 22.8 Å². The lowest BCUT2D eigenvalue weighted by atomic mass is 9.95. The number of carboxylic acid groups (broad SMARTS) is 2. The molecule has 0 bridgehead atoms. The zero-order valence-electron chi connectivity index (χ0n) is 18.0. The number of ether oxygens (including phenoxy) is 3. The van der Waals surface area contributed by atoms with E-state index in [1.54, 1.807) is 13.2 Å². The minimum atomic E-state index is -2.27. The van der Waals surface area contributed by atoms with E-state index < -0.39 is 24.1 Å². The number of carbonyl (C=O) groups is 2. The summed E-state index contributed by atoms with van der Waals surface area (Å²) in [6.07, 6.45) is -1.62. The Balaban J connectivity index is 0.000000235. The number of phenols is 1. The van der Waals surface area contributed by atoms with Crippen molar-refractivity contribution in [2.24, 2.45) is 0 Å². The lowest BCUT2D eigenvalue weighted by molar-refractivity contribution is -0.686. The summed E-state index contributed by atoms with van der Waals surface area (Å²) in [6, 6.07) is 10.00. The standard InChI is InChI=1S/C19H15NO4.C4H6O6/c1-22-16-3-2-11-6-15-13-8-18-17(23-10-24-18)7-12(13)4-5-20(15)9-14(11)19(16)21;5-1(3(7)8)2(6)4(9)10/h2-3,6-9H,4-5,10H2,1H3;1-2,5-6H,(H,7,8)(H,9,10)/p+1. The van der Waals surface area contributed by atoms with Gasteiger partial charge in [-0.3, -0.25) is 0 Å². The molecule has 11 nitrogen and oxygen atoms in total. The molecule has 11 heteroatoms. The monoisotopic (exact) mass is 472 g/mol. The molecule has 34 heavy (non-hydrogen) atoms. The van der Waals surface area contributed by atoms with Crippen LogP contribution in [0.25, 0.3) is 22.0 Å². The molecule has 5 N–H and O–H groups in total. The topological polar surface area (TPSA) is 167 Å². The van der Waals surface area contributed by atoms with Gasteiger partial charge in [-0.25, -0.2) is 9.59 Å². The van der Waals surface area contributed by atoms with Crippen LogP contribution in [0.5, 0.6) is 23.0 Å². The molecule has 0 fully saturated rings. The summed E-state index contributed by atoms with van der Waals surface area (Å²) < 4.78 is 18.4. The predicted molar refractivity (Wildman–Crippen MR) is 115 cm³/mol. The second kappa shape index (κ2) is 9.04. The van der Waals surface area contributed by atoms with E-state index >= 15 is 0 Å². The highest BCUT2D eigenvalue weighted by atomic mass is 16.7. The van der Waals surface area contributed by atoms with Gasteiger partial charge in [0.2, 0.25) is 12.5 Å². The smallest absolute Gasteiger partial charge is 0.335 e. The Morgan fingerprint density at radius 1 is 1.03 bits per heavy atom. The lowest BCUT2D eigenvalue weighted by Crippen LogP contribution is -2.39. The molecule has 3 aromatic rings. The number of benzene rings is 2. The average Bonchev–Trinajstić information content (AvgIpc) is 3.29. The highest BCUT2D eigenvalue weighted by Gasteiger charge is 2.30. The van der Waals surface area contributed by atoms with Gasteiger partial charge in [0.15, 0.2) is 47.9 Å². The van der Waals surface area contributed by atoms with Gasteiger partial charge in [0.1, 0.15) is 0 Å². The molecule has 2 atom stereocenters. The van der Waals surface area contributed by atoms with Crippen LogP contribution in [0.4, 0.5) is 0 Å². The van der Waals surface area contributed by atoms with Gasteiger partial charge in [0, 0.05) is 12.5 Å². The largest absolute Gasteiger partial charge is 0.504 e. The summed E-state index contributed by atoms with van der Waals surface area (Å²) in [7, 11) is 1.56. The SMILES string of the molecule is COc1ccc2cc3[n+](cc2c1O)CCc1cc2c(cc1-3)OCO2.O=C(O)C(O)C(O)C(=O)O. The first-order valence-electron chi connectivity index (χ1n) is 10.2. The van der Waals surface area contributed by atoms with Crippen molar-refractivity contribution in [3.8, 4) is 34.3 Å². The number of pyridine rings is 1. The van der Waals surface area contributed by atoms with Crippen LogP contribution >= 0.6 is 0 Å². The Kier molecular flexibility index (Phi) is 6.14. The lowest BCUT2D eigenvalue weighted by Gasteiger charge is -2.16. The van der Waals surface area contributed by atoms with Crippen molar-refractivity contribution < 1.29 is 53.9 Å². The third kappa shape index (κ3) is 4.14. The zero-order valence-corrected chi connectivity index (χ0v) is 18.0. The van der Waals surface area contributed by atoms with Crippen LogP contribution in [-0.2, 0) is 22.6 Å². The molecule has 0 aliphatic carbocycles. The Hall–Kier alpha value is -4.09. The van der Waals surface area contributed by atoms with E-state index in [4.69, 9.17) is 34.6 Å². The summed E-state index contributed by atoms with van der Waals surface area (Å²) in [4.78, 5) is 19.5. The molecule has 0 spiro atoms. The molecule has 2 aliphatic heterocycles. The molecular formula is C23H22NO10+. The Morgan fingerprint density at radius 3 is 2.29 bits per heavy atom. The predicted octanol–water partition coefficient (Wildman–Crippen LogP) is 0.671. The number of fused-ring (bicyclic) bond motifs is 5. The van der Waals surface area contributed by atoms with Crippen molar-refractivity contribution in [2.75, 3.05) is 13.9 Å². The third-order valence-electron chi connectivity index (χ3n) is 5.62. The van der Waals surface area contributed by atoms with Crippen LogP contribution in [0, 0.1) is 0 Å². The van der Waals surface area contributed by atoms with E-state index in [1.807, 2.05) is 12.3 Å². The number of hydrogen-bond acceptors (Lipinski definition) is 8. The van der Waals surface area contributed by atoms with E-state index in [0.717, 1.165) is 46.5 Å². The molecule has 0 radical (unpaired) electrons. The fraction of sp³-hybridized carbons (Fsp3) is 0.261. The first kappa shape index (κ1) is 23.1. The third-order valence-corrected chi connectivity index (χ3v) is 5.62. The van der Waals surface area contributed by atoms with Gasteiger partial charge < -0.3 is 39.7 Å². The van der Waals surface area contributed by atoms with E-state index in [9.17, 15) is 14.7 Å². The Bertz CT molecular complexity index is 1270. The van der Waals surface area contributed by atoms with Crippen LogP contribution < -0.4 is 18.8 Å². The molecule has 0 saturated carbocycles. The molecule has 2 unspecified atom stereocenters. The number of aryl methyl sites for hydroxylation is 2. The number of hydrogen-bond donors (Lipinski definition) is 5. The molecule has 2 aromatic carbocycles. The fourth-order valence-electron chi connectivity index (χ4n) is 3.84. The number of carboxylic acids is 2. The van der Waals surface area contributed by atoms with E-state index in [1.165, 1.54) is 5.56 Å². The maximum atomic E-state index is 10.4. The Morgan fingerprint density at radius 2 is 1.68 bits per heavy atom. The molecular weight excluding hydrogens is 450 g/mol. The minimum absolute atomic E-state index is 0.182. The van der Waals surface area contributed by atoms with Crippen molar-refractivity contribution in [1.29, 1.82) is 0 Å². The zero-order chi connectivity index (χ0) is 24.6. The summed E-state index contributed by atoms with van der Waals surface area (Å²) in [6.45, 7) is 1.14. The molecule has 0 amide bonds.